The smallest absolute Gasteiger partial charge is 0.407 e. The molecular weight excluding hydrogens is 1530 g/mol. The lowest BCUT2D eigenvalue weighted by molar-refractivity contribution is -0.235. The van der Waals surface area contributed by atoms with E-state index in [0.29, 0.717) is 30.6 Å². The van der Waals surface area contributed by atoms with Crippen molar-refractivity contribution in [1.82, 2.24) is 37.2 Å². The highest BCUT2D eigenvalue weighted by Gasteiger charge is 2.80. The second kappa shape index (κ2) is 42.8. The van der Waals surface area contributed by atoms with Crippen LogP contribution in [-0.4, -0.2) is 223 Å². The summed E-state index contributed by atoms with van der Waals surface area (Å²) in [6.07, 6.45) is -2.32. The van der Waals surface area contributed by atoms with E-state index in [1.165, 1.54) is 43.3 Å². The lowest BCUT2D eigenvalue weighted by atomic mass is 9.44. The molecule has 2 aliphatic heterocycles. The number of alkyl halides is 2. The van der Waals surface area contributed by atoms with Crippen molar-refractivity contribution in [2.75, 3.05) is 103 Å². The van der Waals surface area contributed by atoms with Crippen molar-refractivity contribution >= 4 is 82.4 Å². The van der Waals surface area contributed by atoms with Gasteiger partial charge in [0.2, 0.25) is 41.4 Å². The second-order valence-electron chi connectivity index (χ2n) is 30.3. The van der Waals surface area contributed by atoms with E-state index < -0.39 is 162 Å². The normalized spacial score (nSPS) is 23.9. The van der Waals surface area contributed by atoms with Crippen LogP contribution < -0.4 is 53.2 Å². The fraction of sp³-hybridized carbons (Fsp3) is 0.566. The molecule has 3 aromatic carbocycles. The van der Waals surface area contributed by atoms with Crippen LogP contribution in [0.25, 0.3) is 0 Å². The molecule has 117 heavy (non-hydrogen) atoms. The number of para-hydroxylation sites is 1. The van der Waals surface area contributed by atoms with Crippen LogP contribution >= 0.6 is 0 Å². The van der Waals surface area contributed by atoms with Crippen LogP contribution in [-0.2, 0) is 104 Å². The maximum atomic E-state index is 17.9. The number of aliphatic hydroxyl groups is 1. The van der Waals surface area contributed by atoms with Gasteiger partial charge in [0.25, 0.3) is 0 Å². The summed E-state index contributed by atoms with van der Waals surface area (Å²) in [5, 5.41) is 32.6. The zero-order valence-electron chi connectivity index (χ0n) is 66.8. The predicted molar refractivity (Wildman–Crippen MR) is 418 cm³/mol. The molecule has 0 aromatic heterocycles. The zero-order valence-corrected chi connectivity index (χ0v) is 66.8. The predicted octanol–water partition coefficient (Wildman–Crippen LogP) is 4.53. The number of ether oxygens (including phenoxy) is 9. The fourth-order valence-corrected chi connectivity index (χ4v) is 16.2. The number of hydrogen-bond acceptors (Lipinski definition) is 22. The topological polar surface area (TPSA) is 434 Å². The summed E-state index contributed by atoms with van der Waals surface area (Å²) in [5.41, 5.74) is 2.12. The summed E-state index contributed by atoms with van der Waals surface area (Å²) >= 11 is 0. The minimum atomic E-state index is -2.39. The number of Topliss-reactive ketones (excluding diaryl/α,β-unsaturated/α-hetero) is 1. The van der Waals surface area contributed by atoms with Gasteiger partial charge in [-0.15, -0.1) is 0 Å². The zero-order chi connectivity index (χ0) is 84.5. The number of nitrogens with one attached hydrogen (secondary N) is 8. The number of alkyl carbamates (subject to hydrolysis) is 1. The van der Waals surface area contributed by atoms with Gasteiger partial charge in [-0.2, -0.15) is 0 Å². The third-order valence-electron chi connectivity index (χ3n) is 22.2. The van der Waals surface area contributed by atoms with E-state index in [-0.39, 0.29) is 160 Å². The summed E-state index contributed by atoms with van der Waals surface area (Å²) < 4.78 is 84.9. The molecule has 2 heterocycles. The van der Waals surface area contributed by atoms with Crippen LogP contribution in [0, 0.1) is 40.4 Å². The summed E-state index contributed by atoms with van der Waals surface area (Å²) in [4.78, 5) is 159. The number of anilines is 2. The molecule has 32 nitrogen and oxygen atoms in total. The average molecular weight is 1640 g/mol. The van der Waals surface area contributed by atoms with Gasteiger partial charge < -0.3 is 101 Å². The Kier molecular flexibility index (Phi) is 33.2. The Bertz CT molecular complexity index is 4180. The van der Waals surface area contributed by atoms with E-state index in [4.69, 9.17) is 48.4 Å². The van der Waals surface area contributed by atoms with Crippen LogP contribution in [0.5, 0.6) is 0 Å². The number of carbonyl (C=O) groups is 12. The van der Waals surface area contributed by atoms with Crippen LogP contribution in [0.3, 0.4) is 0 Å². The first kappa shape index (κ1) is 90.8. The van der Waals surface area contributed by atoms with Gasteiger partial charge in [0.15, 0.2) is 29.1 Å². The van der Waals surface area contributed by atoms with Crippen molar-refractivity contribution in [2.24, 2.45) is 34.3 Å². The number of urea groups is 1. The molecule has 11 N–H and O–H groups in total. The first-order valence-electron chi connectivity index (χ1n) is 39.6. The maximum Gasteiger partial charge on any atom is 0.407 e. The Balaban J connectivity index is 0.645. The van der Waals surface area contributed by atoms with Gasteiger partial charge in [0.1, 0.15) is 50.8 Å². The molecule has 9 rings (SSSR count). The SMILES string of the molecule is CCCC1O[C@@H]2C[C@H]3[C@@H]4C[C@H](F)C5=CC(=O)C=C[C@]5(C)[C@@]4(F)[C@@H](O)C[C@]3(C)[C@]2(C(=O)COCNC(=O)CNC(=O)OCc2ccc(NC(=O)[C@H](CCCNC(N)=O)NC(=O)[C@@H](NC(=O)[C@H](CCC(=O)OC)NC(=O)CCOCCOCCOCCOCCNC(=O)CCC(=O)N3Cc4ccccc4C#Cc4ccccc43)C(C)C)cc2)O1. The fourth-order valence-electron chi connectivity index (χ4n) is 16.2. The first-order chi connectivity index (χ1) is 56.0. The number of methoxy groups -OCH3 is 1. The van der Waals surface area contributed by atoms with Gasteiger partial charge in [0, 0.05) is 72.3 Å². The maximum absolute atomic E-state index is 17.9. The van der Waals surface area contributed by atoms with Crippen LogP contribution in [0.2, 0.25) is 0 Å². The first-order valence-corrected chi connectivity index (χ1v) is 39.6. The molecule has 0 bridgehead atoms. The summed E-state index contributed by atoms with van der Waals surface area (Å²) in [7, 11) is 1.16. The molecule has 4 fully saturated rings. The largest absolute Gasteiger partial charge is 0.469 e. The van der Waals surface area contributed by atoms with Crippen molar-refractivity contribution in [2.45, 2.75) is 179 Å². The van der Waals surface area contributed by atoms with Gasteiger partial charge in [0.05, 0.1) is 84.4 Å². The number of esters is 1. The highest BCUT2D eigenvalue weighted by atomic mass is 19.1. The third kappa shape index (κ3) is 23.2. The van der Waals surface area contributed by atoms with Crippen molar-refractivity contribution in [3.05, 3.63) is 119 Å². The van der Waals surface area contributed by atoms with E-state index >= 15 is 8.78 Å². The molecule has 0 spiro atoms. The number of primary amides is 1. The van der Waals surface area contributed by atoms with Crippen LogP contribution in [0.15, 0.2) is 96.6 Å². The number of rotatable bonds is 44. The summed E-state index contributed by atoms with van der Waals surface area (Å²) in [5.74, 6) is -1.80. The Morgan fingerprint density at radius 2 is 1.38 bits per heavy atom. The quantitative estimate of drug-likeness (QED) is 0.0161. The van der Waals surface area contributed by atoms with Gasteiger partial charge in [-0.05, 0) is 123 Å². The second-order valence-corrected chi connectivity index (χ2v) is 30.3. The van der Waals surface area contributed by atoms with Crippen molar-refractivity contribution in [3.8, 4) is 11.8 Å². The van der Waals surface area contributed by atoms with E-state index in [9.17, 15) is 62.6 Å². The van der Waals surface area contributed by atoms with E-state index in [0.717, 1.165) is 29.9 Å². The molecular formula is C83H108F2N10O22. The Morgan fingerprint density at radius 1 is 0.709 bits per heavy atom. The number of benzene rings is 3. The number of carbonyl (C=O) groups excluding carboxylic acids is 12. The number of amides is 10. The molecule has 0 radical (unpaired) electrons. The van der Waals surface area contributed by atoms with Crippen molar-refractivity contribution in [3.63, 3.8) is 0 Å². The molecule has 3 saturated carbocycles. The molecule has 3 aromatic rings. The average Bonchev–Trinajstić information content (AvgIpc) is 1.55. The Hall–Kier alpha value is -10.1. The molecule has 4 aliphatic carbocycles. The van der Waals surface area contributed by atoms with Crippen LogP contribution in [0.1, 0.15) is 134 Å². The highest BCUT2D eigenvalue weighted by Crippen LogP contribution is 2.72. The van der Waals surface area contributed by atoms with Crippen molar-refractivity contribution < 1.29 is 114 Å². The minimum absolute atomic E-state index is 0.00551. The number of allylic oxidation sites excluding steroid dienone is 4. The molecule has 34 heteroatoms. The number of halogens is 2. The van der Waals surface area contributed by atoms with Crippen molar-refractivity contribution in [1.29, 1.82) is 0 Å². The van der Waals surface area contributed by atoms with E-state index in [1.54, 1.807) is 25.7 Å². The third-order valence-corrected chi connectivity index (χ3v) is 22.2. The monoisotopic (exact) mass is 1630 g/mol. The molecule has 1 unspecified atom stereocenters. The Morgan fingerprint density at radius 3 is 2.09 bits per heavy atom. The lowest BCUT2D eigenvalue weighted by Crippen LogP contribution is -2.71. The summed E-state index contributed by atoms with van der Waals surface area (Å²) in [6, 6.07) is 16.5. The molecule has 10 amide bonds. The number of nitrogens with two attached hydrogens (primary N) is 1. The number of nitrogens with zero attached hydrogens (tertiary/aromatic N) is 1. The van der Waals surface area contributed by atoms with E-state index in [2.05, 4.69) is 54.4 Å². The number of fused-ring (bicyclic) bond motifs is 9. The van der Waals surface area contributed by atoms with Gasteiger partial charge in [-0.3, -0.25) is 47.9 Å². The standard InChI is InChI=1S/C83H108F2N10O22/c1-7-13-73-116-67-44-58-59-43-61(84)60-42-57(96)29-31-80(60,4)82(59,85)65(97)45-81(58,5)83(67,117-73)66(98)49-114-50-90-70(101)46-89-79(108)115-48-52-19-23-56(24-20-52)91-75(104)62(17-12-32-88-78(86)107)93-77(106)74(51(2)3)94-76(105)63(25-28-72(103)109-6)92-69(100)30-34-110-36-38-112-40-41-113-39-37-111-35-33-87-68(99)26-27-71(102)95-47-55-16-9-8-14-53(55)21-22-54-15-10-11-18-64(54)95/h8-11,14-16,18-20,23-24,29,31,42,51,58-59,61-63,65,67,73-74,97H,7,12-13,17,25-28,30,32-41,43-50H2,1-6H3,(H,87,99)(H,89,108)(H,90,101)(H,91,104)(H,92,100)(H,93,106)(H,94,105)(H3,86,88,107)/t58-,59-,61-,62-,63-,65-,67+,73?,74-,80-,81-,82-,83+/m0/s1. The minimum Gasteiger partial charge on any atom is -0.469 e. The lowest BCUT2D eigenvalue weighted by Gasteiger charge is -2.63. The summed E-state index contributed by atoms with van der Waals surface area (Å²) in [6.45, 7) is 8.58. The molecule has 6 aliphatic rings. The highest BCUT2D eigenvalue weighted by molar-refractivity contribution is 6.02. The number of hydrogen-bond donors (Lipinski definition) is 10. The van der Waals surface area contributed by atoms with Crippen LogP contribution in [0.4, 0.5) is 29.7 Å². The van der Waals surface area contributed by atoms with Gasteiger partial charge >= 0.3 is 18.1 Å². The molecule has 13 atom stereocenters. The number of ketones is 2. The number of aliphatic hydroxyl groups excluding tert-OH is 1. The van der Waals surface area contributed by atoms with Gasteiger partial charge in [-0.25, -0.2) is 18.4 Å². The Labute approximate surface area is 677 Å². The molecule has 1 saturated heterocycles. The molecule has 636 valence electrons. The van der Waals surface area contributed by atoms with Gasteiger partial charge in [-0.1, -0.05) is 94.5 Å². The van der Waals surface area contributed by atoms with E-state index in [1.807, 2.05) is 55.5 Å².